The summed E-state index contributed by atoms with van der Waals surface area (Å²) in [6, 6.07) is 60.1. The van der Waals surface area contributed by atoms with Gasteiger partial charge in [0.25, 0.3) is 0 Å². The van der Waals surface area contributed by atoms with Crippen LogP contribution in [0.1, 0.15) is 0 Å². The van der Waals surface area contributed by atoms with Crippen LogP contribution in [-0.2, 0) is 0 Å². The van der Waals surface area contributed by atoms with Gasteiger partial charge >= 0.3 is 0 Å². The topological polar surface area (TPSA) is 34.5 Å². The van der Waals surface area contributed by atoms with E-state index in [0.717, 1.165) is 72.1 Å². The lowest BCUT2D eigenvalue weighted by molar-refractivity contribution is 0.667. The first kappa shape index (κ1) is 27.2. The van der Waals surface area contributed by atoms with Crippen molar-refractivity contribution < 1.29 is 8.83 Å². The van der Waals surface area contributed by atoms with Crippen LogP contribution in [0.2, 0.25) is 0 Å². The Hall–Kier alpha value is -6.78. The molecule has 0 fully saturated rings. The van der Waals surface area contributed by atoms with Gasteiger partial charge in [-0.05, 0) is 77.5 Å². The van der Waals surface area contributed by atoms with Gasteiger partial charge < -0.3 is 18.3 Å². The highest BCUT2D eigenvalue weighted by molar-refractivity contribution is 6.14. The van der Waals surface area contributed by atoms with Gasteiger partial charge in [0.15, 0.2) is 5.58 Å². The second-order valence-electron chi connectivity index (χ2n) is 13.0. The Morgan fingerprint density at radius 1 is 0.380 bits per heavy atom. The molecule has 0 amide bonds. The predicted octanol–water partition coefficient (Wildman–Crippen LogP) is 13.2. The predicted molar refractivity (Wildman–Crippen MR) is 208 cm³/mol. The van der Waals surface area contributed by atoms with E-state index >= 15 is 0 Å². The molecule has 0 radical (unpaired) electrons. The first-order chi connectivity index (χ1) is 24.8. The number of fused-ring (bicyclic) bond motifs is 10. The first-order valence-electron chi connectivity index (χ1n) is 16.9. The number of furan rings is 2. The number of aromatic nitrogens is 1. The van der Waals surface area contributed by atoms with E-state index in [1.54, 1.807) is 0 Å². The van der Waals surface area contributed by atoms with Gasteiger partial charge in [-0.3, -0.25) is 0 Å². The number of nitrogens with zero attached hydrogens (tertiary/aromatic N) is 2. The smallest absolute Gasteiger partial charge is 0.159 e. The summed E-state index contributed by atoms with van der Waals surface area (Å²) in [5.74, 6) is 0. The summed E-state index contributed by atoms with van der Waals surface area (Å²) in [5, 5.41) is 9.19. The van der Waals surface area contributed by atoms with Crippen molar-refractivity contribution in [3.63, 3.8) is 0 Å². The normalized spacial score (nSPS) is 12.0. The van der Waals surface area contributed by atoms with Crippen molar-refractivity contribution in [1.29, 1.82) is 0 Å². The Bertz CT molecular complexity index is 3110. The molecule has 0 bridgehead atoms. The average Bonchev–Trinajstić information content (AvgIpc) is 3.83. The minimum atomic E-state index is 0.841. The molecule has 0 atom stereocenters. The molecule has 0 N–H and O–H groups in total. The van der Waals surface area contributed by atoms with Crippen molar-refractivity contribution >= 4 is 93.5 Å². The lowest BCUT2D eigenvalue weighted by Gasteiger charge is -2.26. The minimum Gasteiger partial charge on any atom is -0.456 e. The maximum Gasteiger partial charge on any atom is 0.159 e. The molecule has 0 saturated carbocycles. The van der Waals surface area contributed by atoms with Crippen LogP contribution in [0.5, 0.6) is 0 Å². The second kappa shape index (κ2) is 10.4. The van der Waals surface area contributed by atoms with Gasteiger partial charge in [-0.1, -0.05) is 97.1 Å². The number of hydrogen-bond donors (Lipinski definition) is 0. The van der Waals surface area contributed by atoms with Crippen molar-refractivity contribution in [2.45, 2.75) is 0 Å². The second-order valence-corrected chi connectivity index (χ2v) is 13.0. The number of para-hydroxylation sites is 4. The SMILES string of the molecule is c1ccc(-n2c3ccccc3c3ccc(N(c4ccc5c(c4)oc4cc6ccccc6cc45)c4cccc5c4oc4ccccc45)cc32)cc1. The highest BCUT2D eigenvalue weighted by Gasteiger charge is 2.22. The fraction of sp³-hybridized carbons (Fsp3) is 0. The van der Waals surface area contributed by atoms with E-state index in [0.29, 0.717) is 0 Å². The third-order valence-corrected chi connectivity index (χ3v) is 10.1. The third kappa shape index (κ3) is 3.93. The maximum absolute atomic E-state index is 6.65. The molecular formula is C46H28N2O2. The molecular weight excluding hydrogens is 613 g/mol. The van der Waals surface area contributed by atoms with Crippen molar-refractivity contribution in [3.05, 3.63) is 170 Å². The zero-order chi connectivity index (χ0) is 32.8. The van der Waals surface area contributed by atoms with Gasteiger partial charge in [0.1, 0.15) is 16.7 Å². The van der Waals surface area contributed by atoms with Gasteiger partial charge in [-0.25, -0.2) is 0 Å². The number of hydrogen-bond acceptors (Lipinski definition) is 3. The van der Waals surface area contributed by atoms with Crippen LogP contribution in [0, 0.1) is 0 Å². The van der Waals surface area contributed by atoms with Crippen molar-refractivity contribution in [1.82, 2.24) is 4.57 Å². The molecule has 0 spiro atoms. The zero-order valence-corrected chi connectivity index (χ0v) is 26.9. The molecule has 50 heavy (non-hydrogen) atoms. The van der Waals surface area contributed by atoms with E-state index in [9.17, 15) is 0 Å². The van der Waals surface area contributed by atoms with Crippen LogP contribution in [0.3, 0.4) is 0 Å². The zero-order valence-electron chi connectivity index (χ0n) is 26.9. The summed E-state index contributed by atoms with van der Waals surface area (Å²) >= 11 is 0. The largest absolute Gasteiger partial charge is 0.456 e. The highest BCUT2D eigenvalue weighted by Crippen LogP contribution is 2.45. The number of benzene rings is 8. The molecule has 0 aliphatic rings. The lowest BCUT2D eigenvalue weighted by atomic mass is 10.1. The Morgan fingerprint density at radius 2 is 1.02 bits per heavy atom. The quantitative estimate of drug-likeness (QED) is 0.192. The summed E-state index contributed by atoms with van der Waals surface area (Å²) < 4.78 is 15.6. The molecule has 0 aliphatic heterocycles. The summed E-state index contributed by atoms with van der Waals surface area (Å²) in [6.45, 7) is 0. The van der Waals surface area contributed by atoms with E-state index in [2.05, 4.69) is 167 Å². The summed E-state index contributed by atoms with van der Waals surface area (Å²) in [6.07, 6.45) is 0. The molecule has 4 heteroatoms. The van der Waals surface area contributed by atoms with Crippen LogP contribution in [0.25, 0.3) is 82.1 Å². The summed E-state index contributed by atoms with van der Waals surface area (Å²) in [7, 11) is 0. The fourth-order valence-corrected chi connectivity index (χ4v) is 7.88. The number of anilines is 3. The van der Waals surface area contributed by atoms with Crippen LogP contribution in [-0.4, -0.2) is 4.57 Å². The Morgan fingerprint density at radius 3 is 1.90 bits per heavy atom. The third-order valence-electron chi connectivity index (χ3n) is 10.1. The fourth-order valence-electron chi connectivity index (χ4n) is 7.88. The Balaban J connectivity index is 1.20. The highest BCUT2D eigenvalue weighted by atomic mass is 16.3. The van der Waals surface area contributed by atoms with E-state index < -0.39 is 0 Å². The summed E-state index contributed by atoms with van der Waals surface area (Å²) in [5.41, 5.74) is 9.83. The average molecular weight is 641 g/mol. The van der Waals surface area contributed by atoms with Gasteiger partial charge in [0.2, 0.25) is 0 Å². The molecule has 0 saturated heterocycles. The van der Waals surface area contributed by atoms with Crippen LogP contribution in [0.4, 0.5) is 17.1 Å². The number of rotatable bonds is 4. The summed E-state index contributed by atoms with van der Waals surface area (Å²) in [4.78, 5) is 2.31. The maximum atomic E-state index is 6.65. The molecule has 8 aromatic carbocycles. The van der Waals surface area contributed by atoms with Crippen LogP contribution >= 0.6 is 0 Å². The molecule has 3 aromatic heterocycles. The van der Waals surface area contributed by atoms with E-state index in [1.165, 1.54) is 27.1 Å². The van der Waals surface area contributed by atoms with Gasteiger partial charge in [-0.2, -0.15) is 0 Å². The van der Waals surface area contributed by atoms with Crippen LogP contribution in [0.15, 0.2) is 179 Å². The Labute approximate surface area is 286 Å². The first-order valence-corrected chi connectivity index (χ1v) is 16.9. The van der Waals surface area contributed by atoms with Crippen LogP contribution < -0.4 is 4.90 Å². The van der Waals surface area contributed by atoms with Crippen molar-refractivity contribution in [2.24, 2.45) is 0 Å². The van der Waals surface area contributed by atoms with Crippen molar-refractivity contribution in [3.8, 4) is 5.69 Å². The Kier molecular flexibility index (Phi) is 5.63. The van der Waals surface area contributed by atoms with Crippen molar-refractivity contribution in [2.75, 3.05) is 4.90 Å². The standard InChI is InChI=1S/C46H28N2O2/c1-2-13-31(14-3-1)48-40-18-8-6-15-34(40)35-23-21-32(27-42(35)48)47(41-19-10-17-38-36-16-7-9-20-43(36)50-46(38)41)33-22-24-37-39-25-29-11-4-5-12-30(29)26-44(39)49-45(37)28-33/h1-28H. The molecule has 0 unspecified atom stereocenters. The van der Waals surface area contributed by atoms with E-state index in [1.807, 2.05) is 12.1 Å². The lowest BCUT2D eigenvalue weighted by Crippen LogP contribution is -2.10. The van der Waals surface area contributed by atoms with E-state index in [4.69, 9.17) is 8.83 Å². The van der Waals surface area contributed by atoms with Gasteiger partial charge in [-0.15, -0.1) is 0 Å². The monoisotopic (exact) mass is 640 g/mol. The van der Waals surface area contributed by atoms with E-state index in [-0.39, 0.29) is 0 Å². The molecule has 0 aliphatic carbocycles. The molecule has 3 heterocycles. The van der Waals surface area contributed by atoms with Gasteiger partial charge in [0.05, 0.1) is 22.4 Å². The molecule has 4 nitrogen and oxygen atoms in total. The minimum absolute atomic E-state index is 0.841. The molecule has 11 rings (SSSR count). The molecule has 11 aromatic rings. The van der Waals surface area contributed by atoms with Gasteiger partial charge in [0, 0.05) is 49.8 Å². The molecule has 234 valence electrons.